The number of aromatic hydroxyl groups is 1. The first-order valence-corrected chi connectivity index (χ1v) is 9.52. The smallest absolute Gasteiger partial charge is 0.227 e. The molecule has 0 unspecified atom stereocenters. The van der Waals surface area contributed by atoms with Gasteiger partial charge in [-0.3, -0.25) is 4.79 Å². The SMILES string of the molecule is O=C(Nc1ccc(-c2nc3ccccc3s2)c(O)c1)C1CCCCC1. The van der Waals surface area contributed by atoms with Gasteiger partial charge in [-0.25, -0.2) is 4.98 Å². The zero-order chi connectivity index (χ0) is 17.2. The molecule has 2 N–H and O–H groups in total. The van der Waals surface area contributed by atoms with Crippen LogP contribution in [0, 0.1) is 5.92 Å². The molecular weight excluding hydrogens is 332 g/mol. The van der Waals surface area contributed by atoms with E-state index >= 15 is 0 Å². The fraction of sp³-hybridized carbons (Fsp3) is 0.300. The first-order valence-electron chi connectivity index (χ1n) is 8.70. The number of hydrogen-bond donors (Lipinski definition) is 2. The van der Waals surface area contributed by atoms with Crippen LogP contribution in [-0.4, -0.2) is 16.0 Å². The predicted molar refractivity (Wildman–Crippen MR) is 102 cm³/mol. The Balaban J connectivity index is 1.55. The Morgan fingerprint density at radius 1 is 1.12 bits per heavy atom. The van der Waals surface area contributed by atoms with Crippen LogP contribution in [-0.2, 0) is 4.79 Å². The Bertz CT molecular complexity index is 880. The van der Waals surface area contributed by atoms with Gasteiger partial charge in [0, 0.05) is 17.7 Å². The fourth-order valence-corrected chi connectivity index (χ4v) is 4.39. The number of thiazole rings is 1. The minimum absolute atomic E-state index is 0.0619. The van der Waals surface area contributed by atoms with Gasteiger partial charge in [0.15, 0.2) is 0 Å². The summed E-state index contributed by atoms with van der Waals surface area (Å²) in [6, 6.07) is 13.2. The molecule has 1 aliphatic carbocycles. The molecule has 1 saturated carbocycles. The van der Waals surface area contributed by atoms with Gasteiger partial charge in [0.1, 0.15) is 10.8 Å². The minimum Gasteiger partial charge on any atom is -0.507 e. The van der Waals surface area contributed by atoms with Gasteiger partial charge < -0.3 is 10.4 Å². The number of aromatic nitrogens is 1. The Hall–Kier alpha value is -2.40. The average molecular weight is 352 g/mol. The van der Waals surface area contributed by atoms with E-state index in [-0.39, 0.29) is 17.6 Å². The topological polar surface area (TPSA) is 62.2 Å². The molecule has 3 aromatic rings. The van der Waals surface area contributed by atoms with E-state index in [0.29, 0.717) is 11.3 Å². The number of carbonyl (C=O) groups is 1. The minimum atomic E-state index is 0.0619. The molecule has 0 saturated heterocycles. The van der Waals surface area contributed by atoms with E-state index < -0.39 is 0 Å². The van der Waals surface area contributed by atoms with Crippen molar-refractivity contribution in [2.45, 2.75) is 32.1 Å². The molecule has 25 heavy (non-hydrogen) atoms. The lowest BCUT2D eigenvalue weighted by molar-refractivity contribution is -0.120. The van der Waals surface area contributed by atoms with E-state index in [2.05, 4.69) is 10.3 Å². The molecule has 2 aromatic carbocycles. The lowest BCUT2D eigenvalue weighted by Gasteiger charge is -2.20. The van der Waals surface area contributed by atoms with E-state index in [1.165, 1.54) is 6.42 Å². The monoisotopic (exact) mass is 352 g/mol. The number of anilines is 1. The molecule has 1 aromatic heterocycles. The van der Waals surface area contributed by atoms with Crippen LogP contribution in [0.25, 0.3) is 20.8 Å². The highest BCUT2D eigenvalue weighted by Crippen LogP contribution is 2.36. The molecule has 4 rings (SSSR count). The van der Waals surface area contributed by atoms with Gasteiger partial charge in [0.2, 0.25) is 5.91 Å². The van der Waals surface area contributed by atoms with Crippen LogP contribution in [0.5, 0.6) is 5.75 Å². The van der Waals surface area contributed by atoms with Crippen molar-refractivity contribution in [2.24, 2.45) is 5.92 Å². The summed E-state index contributed by atoms with van der Waals surface area (Å²) in [7, 11) is 0. The first kappa shape index (κ1) is 16.1. The Morgan fingerprint density at radius 3 is 2.68 bits per heavy atom. The summed E-state index contributed by atoms with van der Waals surface area (Å²) in [5.41, 5.74) is 2.26. The van der Waals surface area contributed by atoms with Crippen LogP contribution < -0.4 is 5.32 Å². The third kappa shape index (κ3) is 3.37. The van der Waals surface area contributed by atoms with E-state index in [4.69, 9.17) is 0 Å². The van der Waals surface area contributed by atoms with Gasteiger partial charge in [-0.15, -0.1) is 11.3 Å². The summed E-state index contributed by atoms with van der Waals surface area (Å²) in [4.78, 5) is 16.9. The maximum atomic E-state index is 12.3. The summed E-state index contributed by atoms with van der Waals surface area (Å²) < 4.78 is 1.09. The van der Waals surface area contributed by atoms with E-state index in [9.17, 15) is 9.90 Å². The van der Waals surface area contributed by atoms with Gasteiger partial charge in [-0.05, 0) is 37.1 Å². The number of amides is 1. The molecule has 1 heterocycles. The van der Waals surface area contributed by atoms with Gasteiger partial charge >= 0.3 is 0 Å². The van der Waals surface area contributed by atoms with Gasteiger partial charge in [0.25, 0.3) is 0 Å². The maximum absolute atomic E-state index is 12.3. The number of para-hydroxylation sites is 1. The van der Waals surface area contributed by atoms with Crippen molar-refractivity contribution in [3.8, 4) is 16.3 Å². The van der Waals surface area contributed by atoms with Crippen LogP contribution in [0.2, 0.25) is 0 Å². The standard InChI is InChI=1S/C20H20N2O2S/c23-17-12-14(21-19(24)13-6-2-1-3-7-13)10-11-15(17)20-22-16-8-4-5-9-18(16)25-20/h4-5,8-13,23H,1-3,6-7H2,(H,21,24). The van der Waals surface area contributed by atoms with Crippen molar-refractivity contribution in [1.29, 1.82) is 0 Å². The quantitative estimate of drug-likeness (QED) is 0.682. The van der Waals surface area contributed by atoms with Crippen molar-refractivity contribution in [3.63, 3.8) is 0 Å². The second-order valence-corrected chi connectivity index (χ2v) is 7.57. The van der Waals surface area contributed by atoms with Crippen LogP contribution in [0.1, 0.15) is 32.1 Å². The maximum Gasteiger partial charge on any atom is 0.227 e. The third-order valence-electron chi connectivity index (χ3n) is 4.77. The van der Waals surface area contributed by atoms with E-state index in [1.54, 1.807) is 17.4 Å². The highest BCUT2D eigenvalue weighted by atomic mass is 32.1. The molecule has 5 heteroatoms. The summed E-state index contributed by atoms with van der Waals surface area (Å²) in [6.45, 7) is 0. The average Bonchev–Trinajstić information content (AvgIpc) is 3.06. The Labute approximate surface area is 150 Å². The molecule has 0 atom stereocenters. The Kier molecular flexibility index (Phi) is 4.40. The highest BCUT2D eigenvalue weighted by Gasteiger charge is 2.21. The van der Waals surface area contributed by atoms with Crippen LogP contribution in [0.15, 0.2) is 42.5 Å². The number of hydrogen-bond acceptors (Lipinski definition) is 4. The summed E-state index contributed by atoms with van der Waals surface area (Å²) in [6.07, 6.45) is 5.39. The summed E-state index contributed by atoms with van der Waals surface area (Å²) in [5, 5.41) is 14.1. The number of phenols is 1. The zero-order valence-corrected chi connectivity index (χ0v) is 14.7. The lowest BCUT2D eigenvalue weighted by atomic mass is 9.88. The molecule has 4 nitrogen and oxygen atoms in total. The number of fused-ring (bicyclic) bond motifs is 1. The van der Waals surface area contributed by atoms with Gasteiger partial charge in [-0.2, -0.15) is 0 Å². The van der Waals surface area contributed by atoms with Crippen molar-refractivity contribution >= 4 is 33.1 Å². The molecule has 1 fully saturated rings. The van der Waals surface area contributed by atoms with Crippen molar-refractivity contribution in [3.05, 3.63) is 42.5 Å². The molecule has 0 radical (unpaired) electrons. The van der Waals surface area contributed by atoms with Crippen LogP contribution >= 0.6 is 11.3 Å². The zero-order valence-electron chi connectivity index (χ0n) is 13.9. The van der Waals surface area contributed by atoms with Crippen molar-refractivity contribution in [2.75, 3.05) is 5.32 Å². The largest absolute Gasteiger partial charge is 0.507 e. The van der Waals surface area contributed by atoms with Crippen LogP contribution in [0.4, 0.5) is 5.69 Å². The third-order valence-corrected chi connectivity index (χ3v) is 5.84. The molecular formula is C20H20N2O2S. The second kappa shape index (κ2) is 6.84. The van der Waals surface area contributed by atoms with Gasteiger partial charge in [-0.1, -0.05) is 31.4 Å². The number of carbonyl (C=O) groups excluding carboxylic acids is 1. The highest BCUT2D eigenvalue weighted by molar-refractivity contribution is 7.21. The van der Waals surface area contributed by atoms with Crippen LogP contribution in [0.3, 0.4) is 0 Å². The molecule has 0 aliphatic heterocycles. The molecule has 0 spiro atoms. The van der Waals surface area contributed by atoms with Crippen molar-refractivity contribution < 1.29 is 9.90 Å². The lowest BCUT2D eigenvalue weighted by Crippen LogP contribution is -2.24. The fourth-order valence-electron chi connectivity index (χ4n) is 3.39. The van der Waals surface area contributed by atoms with E-state index in [0.717, 1.165) is 40.9 Å². The van der Waals surface area contributed by atoms with E-state index in [1.807, 2.05) is 36.4 Å². The number of phenolic OH excluding ortho intramolecular Hbond substituents is 1. The number of nitrogens with zero attached hydrogens (tertiary/aromatic N) is 1. The van der Waals surface area contributed by atoms with Gasteiger partial charge in [0.05, 0.1) is 15.8 Å². The predicted octanol–water partition coefficient (Wildman–Crippen LogP) is 5.19. The first-order chi connectivity index (χ1) is 12.2. The number of rotatable bonds is 3. The summed E-state index contributed by atoms with van der Waals surface area (Å²) in [5.74, 6) is 0.298. The van der Waals surface area contributed by atoms with Crippen molar-refractivity contribution in [1.82, 2.24) is 4.98 Å². The molecule has 0 bridgehead atoms. The molecule has 128 valence electrons. The number of benzene rings is 2. The molecule has 1 amide bonds. The molecule has 1 aliphatic rings. The number of nitrogens with one attached hydrogen (secondary N) is 1. The second-order valence-electron chi connectivity index (χ2n) is 6.54. The normalized spacial score (nSPS) is 15.4. The Morgan fingerprint density at radius 2 is 1.92 bits per heavy atom. The summed E-state index contributed by atoms with van der Waals surface area (Å²) >= 11 is 1.55.